The monoisotopic (exact) mass is 345 g/mol. The van der Waals surface area contributed by atoms with Gasteiger partial charge in [-0.25, -0.2) is 4.98 Å². The predicted molar refractivity (Wildman–Crippen MR) is 93.8 cm³/mol. The molecule has 126 valence electrons. The minimum Gasteiger partial charge on any atom is -0.497 e. The fourth-order valence-corrected chi connectivity index (χ4v) is 3.46. The number of H-pyrrole nitrogens is 1. The molecule has 1 aromatic carbocycles. The summed E-state index contributed by atoms with van der Waals surface area (Å²) in [7, 11) is 1.58. The Labute approximate surface area is 144 Å². The van der Waals surface area contributed by atoms with Crippen molar-refractivity contribution in [3.8, 4) is 5.75 Å². The molecular weight excluding hydrogens is 326 g/mol. The largest absolute Gasteiger partial charge is 0.497 e. The van der Waals surface area contributed by atoms with E-state index in [2.05, 4.69) is 15.3 Å². The molecule has 1 aliphatic carbocycles. The van der Waals surface area contributed by atoms with Gasteiger partial charge in [-0.2, -0.15) is 0 Å². The first-order valence-corrected chi connectivity index (χ1v) is 8.68. The highest BCUT2D eigenvalue weighted by atomic mass is 32.2. The first-order valence-electron chi connectivity index (χ1n) is 7.80. The number of amides is 1. The lowest BCUT2D eigenvalue weighted by atomic mass is 10.3. The summed E-state index contributed by atoms with van der Waals surface area (Å²) in [6, 6.07) is 7.18. The van der Waals surface area contributed by atoms with E-state index in [1.165, 1.54) is 11.8 Å². The lowest BCUT2D eigenvalue weighted by molar-refractivity contribution is -0.115. The van der Waals surface area contributed by atoms with Gasteiger partial charge in [0.25, 0.3) is 5.56 Å². The Hall–Kier alpha value is -2.28. The second-order valence-electron chi connectivity index (χ2n) is 5.63. The molecule has 1 unspecified atom stereocenters. The van der Waals surface area contributed by atoms with Crippen molar-refractivity contribution in [2.45, 2.75) is 36.6 Å². The third-order valence-corrected chi connectivity index (χ3v) is 4.90. The number of thioether (sulfide) groups is 1. The third kappa shape index (κ3) is 3.62. The molecule has 2 aromatic rings. The number of rotatable bonds is 5. The van der Waals surface area contributed by atoms with Crippen LogP contribution in [0.5, 0.6) is 5.75 Å². The number of hydrogen-bond donors (Lipinski definition) is 2. The molecule has 0 spiro atoms. The zero-order valence-electron chi connectivity index (χ0n) is 13.6. The Bertz CT molecular complexity index is 819. The van der Waals surface area contributed by atoms with Crippen LogP contribution in [0.1, 0.15) is 24.6 Å². The summed E-state index contributed by atoms with van der Waals surface area (Å²) in [6.07, 6.45) is 2.58. The summed E-state index contributed by atoms with van der Waals surface area (Å²) in [5.74, 6) is 0.522. The van der Waals surface area contributed by atoms with E-state index in [0.717, 1.165) is 30.5 Å². The number of aryl methyl sites for hydroxylation is 1. The van der Waals surface area contributed by atoms with Gasteiger partial charge in [-0.1, -0.05) is 17.8 Å². The summed E-state index contributed by atoms with van der Waals surface area (Å²) in [6.45, 7) is 1.79. The first-order chi connectivity index (χ1) is 11.6. The van der Waals surface area contributed by atoms with E-state index in [9.17, 15) is 9.59 Å². The van der Waals surface area contributed by atoms with Crippen molar-refractivity contribution < 1.29 is 9.53 Å². The second kappa shape index (κ2) is 7.09. The molecule has 0 saturated carbocycles. The van der Waals surface area contributed by atoms with Gasteiger partial charge in [0.2, 0.25) is 5.91 Å². The second-order valence-corrected chi connectivity index (χ2v) is 6.96. The smallest absolute Gasteiger partial charge is 0.254 e. The van der Waals surface area contributed by atoms with Gasteiger partial charge < -0.3 is 15.0 Å². The van der Waals surface area contributed by atoms with E-state index in [0.29, 0.717) is 16.6 Å². The number of anilines is 1. The number of fused-ring (bicyclic) bond motifs is 1. The molecule has 3 rings (SSSR count). The van der Waals surface area contributed by atoms with Gasteiger partial charge in [-0.15, -0.1) is 0 Å². The van der Waals surface area contributed by atoms with Gasteiger partial charge in [-0.3, -0.25) is 9.59 Å². The summed E-state index contributed by atoms with van der Waals surface area (Å²) in [4.78, 5) is 31.6. The predicted octanol–water partition coefficient (Wildman–Crippen LogP) is 2.39. The zero-order chi connectivity index (χ0) is 17.1. The molecule has 1 aromatic heterocycles. The maximum atomic E-state index is 12.3. The molecule has 1 atom stereocenters. The van der Waals surface area contributed by atoms with Crippen LogP contribution in [0.3, 0.4) is 0 Å². The van der Waals surface area contributed by atoms with E-state index in [1.807, 2.05) is 12.1 Å². The molecule has 1 heterocycles. The summed E-state index contributed by atoms with van der Waals surface area (Å²) >= 11 is 1.25. The topological polar surface area (TPSA) is 84.1 Å². The molecule has 0 saturated heterocycles. The van der Waals surface area contributed by atoms with Gasteiger partial charge in [0.05, 0.1) is 18.1 Å². The SMILES string of the molecule is COc1cccc(NC(=O)C(C)Sc2nc3c(c(=O)[nH]2)CCC3)c1. The number of carbonyl (C=O) groups is 1. The molecule has 1 amide bonds. The minimum absolute atomic E-state index is 0.0830. The first kappa shape index (κ1) is 16.6. The van der Waals surface area contributed by atoms with Crippen LogP contribution in [-0.4, -0.2) is 28.2 Å². The third-order valence-electron chi connectivity index (χ3n) is 3.91. The van der Waals surface area contributed by atoms with Gasteiger partial charge in [0.1, 0.15) is 5.75 Å². The maximum Gasteiger partial charge on any atom is 0.254 e. The summed E-state index contributed by atoms with van der Waals surface area (Å²) in [5, 5.41) is 2.95. The molecule has 24 heavy (non-hydrogen) atoms. The number of nitrogens with zero attached hydrogens (tertiary/aromatic N) is 1. The number of benzene rings is 1. The molecule has 0 radical (unpaired) electrons. The van der Waals surface area contributed by atoms with Crippen LogP contribution in [0.25, 0.3) is 0 Å². The van der Waals surface area contributed by atoms with Crippen LogP contribution in [-0.2, 0) is 17.6 Å². The lowest BCUT2D eigenvalue weighted by Crippen LogP contribution is -2.23. The van der Waals surface area contributed by atoms with Crippen molar-refractivity contribution in [1.29, 1.82) is 0 Å². The van der Waals surface area contributed by atoms with Crippen LogP contribution in [0.2, 0.25) is 0 Å². The van der Waals surface area contributed by atoms with Crippen LogP contribution < -0.4 is 15.6 Å². The fraction of sp³-hybridized carbons (Fsp3) is 0.353. The number of nitrogens with one attached hydrogen (secondary N) is 2. The number of carbonyl (C=O) groups excluding carboxylic acids is 1. The van der Waals surface area contributed by atoms with Gasteiger partial charge >= 0.3 is 0 Å². The highest BCUT2D eigenvalue weighted by Gasteiger charge is 2.20. The number of methoxy groups -OCH3 is 1. The van der Waals surface area contributed by atoms with Gasteiger partial charge in [-0.05, 0) is 38.3 Å². The average Bonchev–Trinajstić information content (AvgIpc) is 3.04. The average molecular weight is 345 g/mol. The summed E-state index contributed by atoms with van der Waals surface area (Å²) in [5.41, 5.74) is 2.23. The van der Waals surface area contributed by atoms with Crippen molar-refractivity contribution in [1.82, 2.24) is 9.97 Å². The standard InChI is InChI=1S/C17H19N3O3S/c1-10(15(21)18-11-5-3-6-12(9-11)23-2)24-17-19-14-8-4-7-13(14)16(22)20-17/h3,5-6,9-10H,4,7-8H2,1-2H3,(H,18,21)(H,19,20,22). The van der Waals surface area contributed by atoms with Gasteiger partial charge in [0, 0.05) is 17.3 Å². The molecule has 0 bridgehead atoms. The minimum atomic E-state index is -0.390. The summed E-state index contributed by atoms with van der Waals surface area (Å²) < 4.78 is 5.14. The molecule has 7 heteroatoms. The zero-order valence-corrected chi connectivity index (χ0v) is 14.4. The Balaban J connectivity index is 1.68. The van der Waals surface area contributed by atoms with E-state index >= 15 is 0 Å². The van der Waals surface area contributed by atoms with E-state index in [4.69, 9.17) is 4.74 Å². The highest BCUT2D eigenvalue weighted by molar-refractivity contribution is 8.00. The number of hydrogen-bond acceptors (Lipinski definition) is 5. The number of ether oxygens (including phenoxy) is 1. The van der Waals surface area contributed by atoms with E-state index in [1.54, 1.807) is 26.2 Å². The van der Waals surface area contributed by atoms with Gasteiger partial charge in [0.15, 0.2) is 5.16 Å². The highest BCUT2D eigenvalue weighted by Crippen LogP contribution is 2.24. The molecular formula is C17H19N3O3S. The molecule has 6 nitrogen and oxygen atoms in total. The van der Waals surface area contributed by atoms with Crippen molar-refractivity contribution in [3.63, 3.8) is 0 Å². The fourth-order valence-electron chi connectivity index (χ4n) is 2.64. The normalized spacial score (nSPS) is 14.1. The maximum absolute atomic E-state index is 12.3. The Kier molecular flexibility index (Phi) is 4.89. The van der Waals surface area contributed by atoms with Crippen molar-refractivity contribution >= 4 is 23.4 Å². The molecule has 2 N–H and O–H groups in total. The Morgan fingerprint density at radius 2 is 2.25 bits per heavy atom. The molecule has 1 aliphatic rings. The number of aromatic nitrogens is 2. The molecule has 0 aliphatic heterocycles. The molecule has 0 fully saturated rings. The van der Waals surface area contributed by atoms with Crippen LogP contribution in [0.4, 0.5) is 5.69 Å². The van der Waals surface area contributed by atoms with Crippen molar-refractivity contribution in [3.05, 3.63) is 45.9 Å². The van der Waals surface area contributed by atoms with Crippen molar-refractivity contribution in [2.75, 3.05) is 12.4 Å². The van der Waals surface area contributed by atoms with Crippen molar-refractivity contribution in [2.24, 2.45) is 0 Å². The Morgan fingerprint density at radius 1 is 1.42 bits per heavy atom. The van der Waals surface area contributed by atoms with E-state index in [-0.39, 0.29) is 16.7 Å². The quantitative estimate of drug-likeness (QED) is 0.642. The van der Waals surface area contributed by atoms with Crippen LogP contribution >= 0.6 is 11.8 Å². The Morgan fingerprint density at radius 3 is 3.04 bits per heavy atom. The lowest BCUT2D eigenvalue weighted by Gasteiger charge is -2.12. The van der Waals surface area contributed by atoms with Crippen LogP contribution in [0.15, 0.2) is 34.2 Å². The van der Waals surface area contributed by atoms with E-state index < -0.39 is 0 Å². The van der Waals surface area contributed by atoms with Crippen LogP contribution in [0, 0.1) is 0 Å². The number of aromatic amines is 1.